The van der Waals surface area contributed by atoms with E-state index in [0.29, 0.717) is 12.2 Å². The van der Waals surface area contributed by atoms with Crippen LogP contribution in [0.5, 0.6) is 0 Å². The summed E-state index contributed by atoms with van der Waals surface area (Å²) < 4.78 is 0. The fourth-order valence-corrected chi connectivity index (χ4v) is 4.36. The van der Waals surface area contributed by atoms with E-state index in [9.17, 15) is 4.79 Å². The Balaban J connectivity index is 1.56. The molecule has 0 saturated carbocycles. The van der Waals surface area contributed by atoms with Crippen molar-refractivity contribution in [3.05, 3.63) is 63.3 Å². The molecule has 3 nitrogen and oxygen atoms in total. The molecule has 0 radical (unpaired) electrons. The molecule has 4 rings (SSSR count). The Morgan fingerprint density at radius 1 is 1.14 bits per heavy atom. The van der Waals surface area contributed by atoms with Gasteiger partial charge in [0.2, 0.25) is 0 Å². The maximum atomic E-state index is 12.6. The number of fused-ring (bicyclic) bond motifs is 1. The van der Waals surface area contributed by atoms with E-state index >= 15 is 0 Å². The summed E-state index contributed by atoms with van der Waals surface area (Å²) in [6, 6.07) is 12.1. The molecule has 3 aromatic rings. The van der Waals surface area contributed by atoms with Crippen molar-refractivity contribution in [1.29, 1.82) is 0 Å². The van der Waals surface area contributed by atoms with Crippen LogP contribution in [-0.4, -0.2) is 22.3 Å². The van der Waals surface area contributed by atoms with E-state index < -0.39 is 0 Å². The van der Waals surface area contributed by atoms with Crippen molar-refractivity contribution in [2.24, 2.45) is 0 Å². The number of hydrogen-bond acceptors (Lipinski definition) is 4. The van der Waals surface area contributed by atoms with Crippen LogP contribution in [0.2, 0.25) is 0 Å². The lowest BCUT2D eigenvalue weighted by molar-refractivity contribution is 0.0731. The summed E-state index contributed by atoms with van der Waals surface area (Å²) in [6.45, 7) is 1.49. The van der Waals surface area contributed by atoms with Crippen LogP contribution >= 0.6 is 22.7 Å². The first kappa shape index (κ1) is 13.7. The molecule has 1 amide bonds. The first-order valence-electron chi connectivity index (χ1n) is 7.17. The Morgan fingerprint density at radius 2 is 2.00 bits per heavy atom. The van der Waals surface area contributed by atoms with E-state index in [2.05, 4.69) is 16.4 Å². The standard InChI is InChI=1S/C17H14N2OS2/c20-17(19-8-6-15-13(10-19)7-9-21-15)14-11-22-16(18-14)12-4-2-1-3-5-12/h1-5,7,9,11H,6,8,10H2. The number of thiophene rings is 1. The Kier molecular flexibility index (Phi) is 3.52. The molecule has 1 aliphatic heterocycles. The van der Waals surface area contributed by atoms with Crippen molar-refractivity contribution in [3.8, 4) is 10.6 Å². The maximum Gasteiger partial charge on any atom is 0.273 e. The molecular weight excluding hydrogens is 312 g/mol. The van der Waals surface area contributed by atoms with Gasteiger partial charge in [-0.25, -0.2) is 4.98 Å². The topological polar surface area (TPSA) is 33.2 Å². The second-order valence-electron chi connectivity index (χ2n) is 5.25. The van der Waals surface area contributed by atoms with Gasteiger partial charge < -0.3 is 4.90 Å². The van der Waals surface area contributed by atoms with Gasteiger partial charge in [-0.15, -0.1) is 22.7 Å². The van der Waals surface area contributed by atoms with Crippen LogP contribution in [0.4, 0.5) is 0 Å². The largest absolute Gasteiger partial charge is 0.333 e. The SMILES string of the molecule is O=C(c1csc(-c2ccccc2)n1)N1CCc2sccc2C1. The molecule has 5 heteroatoms. The van der Waals surface area contributed by atoms with Crippen LogP contribution < -0.4 is 0 Å². The number of rotatable bonds is 2. The minimum absolute atomic E-state index is 0.0373. The van der Waals surface area contributed by atoms with Crippen molar-refractivity contribution >= 4 is 28.6 Å². The van der Waals surface area contributed by atoms with Gasteiger partial charge >= 0.3 is 0 Å². The van der Waals surface area contributed by atoms with Crippen LogP contribution in [0, 0.1) is 0 Å². The Morgan fingerprint density at radius 3 is 2.86 bits per heavy atom. The lowest BCUT2D eigenvalue weighted by Gasteiger charge is -2.26. The zero-order valence-electron chi connectivity index (χ0n) is 11.9. The number of benzene rings is 1. The highest BCUT2D eigenvalue weighted by molar-refractivity contribution is 7.13. The maximum absolute atomic E-state index is 12.6. The van der Waals surface area contributed by atoms with Gasteiger partial charge in [-0.2, -0.15) is 0 Å². The molecule has 0 aliphatic carbocycles. The third-order valence-electron chi connectivity index (χ3n) is 3.84. The number of hydrogen-bond donors (Lipinski definition) is 0. The van der Waals surface area contributed by atoms with Gasteiger partial charge in [0, 0.05) is 28.9 Å². The minimum Gasteiger partial charge on any atom is -0.333 e. The lowest BCUT2D eigenvalue weighted by Crippen LogP contribution is -2.35. The van der Waals surface area contributed by atoms with Crippen LogP contribution in [0.3, 0.4) is 0 Å². The fraction of sp³-hybridized carbons (Fsp3) is 0.176. The molecule has 0 spiro atoms. The summed E-state index contributed by atoms with van der Waals surface area (Å²) >= 11 is 3.31. The molecule has 22 heavy (non-hydrogen) atoms. The predicted octanol–water partition coefficient (Wildman–Crippen LogP) is 4.07. The van der Waals surface area contributed by atoms with Gasteiger partial charge in [-0.1, -0.05) is 30.3 Å². The molecular formula is C17H14N2OS2. The highest BCUT2D eigenvalue weighted by Gasteiger charge is 2.24. The zero-order valence-corrected chi connectivity index (χ0v) is 13.5. The lowest BCUT2D eigenvalue weighted by atomic mass is 10.1. The number of amides is 1. The first-order chi connectivity index (χ1) is 10.8. The second kappa shape index (κ2) is 5.66. The Bertz CT molecular complexity index is 807. The number of aromatic nitrogens is 1. The summed E-state index contributed by atoms with van der Waals surface area (Å²) in [5.41, 5.74) is 2.90. The smallest absolute Gasteiger partial charge is 0.273 e. The first-order valence-corrected chi connectivity index (χ1v) is 8.92. The van der Waals surface area contributed by atoms with Crippen molar-refractivity contribution in [2.75, 3.05) is 6.54 Å². The number of carbonyl (C=O) groups is 1. The van der Waals surface area contributed by atoms with Crippen molar-refractivity contribution in [3.63, 3.8) is 0 Å². The van der Waals surface area contributed by atoms with Crippen molar-refractivity contribution < 1.29 is 4.79 Å². The average molecular weight is 326 g/mol. The fourth-order valence-electron chi connectivity index (χ4n) is 2.67. The van der Waals surface area contributed by atoms with Crippen LogP contribution in [0.1, 0.15) is 20.9 Å². The molecule has 0 N–H and O–H groups in total. The van der Waals surface area contributed by atoms with E-state index in [1.165, 1.54) is 21.8 Å². The van der Waals surface area contributed by atoms with E-state index in [4.69, 9.17) is 0 Å². The summed E-state index contributed by atoms with van der Waals surface area (Å²) in [5.74, 6) is 0.0373. The van der Waals surface area contributed by atoms with E-state index in [0.717, 1.165) is 23.5 Å². The molecule has 2 aromatic heterocycles. The van der Waals surface area contributed by atoms with Gasteiger partial charge in [0.15, 0.2) is 0 Å². The van der Waals surface area contributed by atoms with E-state index in [1.54, 1.807) is 11.3 Å². The summed E-state index contributed by atoms with van der Waals surface area (Å²) in [6.07, 6.45) is 0.953. The van der Waals surface area contributed by atoms with Gasteiger partial charge in [0.1, 0.15) is 10.7 Å². The number of nitrogens with zero attached hydrogens (tertiary/aromatic N) is 2. The molecule has 110 valence electrons. The molecule has 0 unspecified atom stereocenters. The average Bonchev–Trinajstić information content (AvgIpc) is 3.23. The molecule has 0 atom stereocenters. The summed E-state index contributed by atoms with van der Waals surface area (Å²) in [7, 11) is 0. The van der Waals surface area contributed by atoms with Crippen molar-refractivity contribution in [2.45, 2.75) is 13.0 Å². The zero-order chi connectivity index (χ0) is 14.9. The predicted molar refractivity (Wildman–Crippen MR) is 90.3 cm³/mol. The normalized spacial score (nSPS) is 13.9. The third kappa shape index (κ3) is 2.46. The highest BCUT2D eigenvalue weighted by Crippen LogP contribution is 2.27. The van der Waals surface area contributed by atoms with Gasteiger partial charge in [0.25, 0.3) is 5.91 Å². The molecule has 3 heterocycles. The Labute approximate surface area is 136 Å². The number of thiazole rings is 1. The molecule has 0 fully saturated rings. The number of carbonyl (C=O) groups excluding carboxylic acids is 1. The summed E-state index contributed by atoms with van der Waals surface area (Å²) in [4.78, 5) is 20.5. The van der Waals surface area contributed by atoms with Gasteiger partial charge in [0.05, 0.1) is 0 Å². The van der Waals surface area contributed by atoms with Gasteiger partial charge in [-0.3, -0.25) is 4.79 Å². The molecule has 0 bridgehead atoms. The Hall–Kier alpha value is -1.98. The molecule has 1 aromatic carbocycles. The van der Waals surface area contributed by atoms with Gasteiger partial charge in [-0.05, 0) is 23.4 Å². The van der Waals surface area contributed by atoms with Crippen LogP contribution in [0.25, 0.3) is 10.6 Å². The second-order valence-corrected chi connectivity index (χ2v) is 7.11. The van der Waals surface area contributed by atoms with E-state index in [1.807, 2.05) is 40.6 Å². The summed E-state index contributed by atoms with van der Waals surface area (Å²) in [5, 5.41) is 4.88. The minimum atomic E-state index is 0.0373. The molecule has 1 aliphatic rings. The van der Waals surface area contributed by atoms with Crippen LogP contribution in [-0.2, 0) is 13.0 Å². The quantitative estimate of drug-likeness (QED) is 0.711. The third-order valence-corrected chi connectivity index (χ3v) is 5.75. The van der Waals surface area contributed by atoms with Crippen molar-refractivity contribution in [1.82, 2.24) is 9.88 Å². The van der Waals surface area contributed by atoms with Crippen LogP contribution in [0.15, 0.2) is 47.2 Å². The molecule has 0 saturated heterocycles. The van der Waals surface area contributed by atoms with E-state index in [-0.39, 0.29) is 5.91 Å². The monoisotopic (exact) mass is 326 g/mol. The highest BCUT2D eigenvalue weighted by atomic mass is 32.1.